The second-order valence-corrected chi connectivity index (χ2v) is 8.90. The molecule has 4 rings (SSSR count). The number of rotatable bonds is 5. The Hall–Kier alpha value is -2.89. The summed E-state index contributed by atoms with van der Waals surface area (Å²) < 4.78 is 26.9. The number of aromatic nitrogens is 3. The summed E-state index contributed by atoms with van der Waals surface area (Å²) in [5.74, 6) is -1.48. The molecule has 154 valence electrons. The highest BCUT2D eigenvalue weighted by Gasteiger charge is 2.26. The van der Waals surface area contributed by atoms with Gasteiger partial charge in [-0.3, -0.25) is 14.7 Å². The van der Waals surface area contributed by atoms with Crippen LogP contribution in [-0.2, 0) is 0 Å². The van der Waals surface area contributed by atoms with Crippen LogP contribution < -0.4 is 11.1 Å². The number of H-pyrrole nitrogens is 1. The lowest BCUT2D eigenvalue weighted by atomic mass is 10.1. The van der Waals surface area contributed by atoms with Crippen molar-refractivity contribution >= 4 is 62.0 Å². The molecule has 0 spiro atoms. The van der Waals surface area contributed by atoms with E-state index in [2.05, 4.69) is 20.5 Å². The van der Waals surface area contributed by atoms with Crippen molar-refractivity contribution in [1.29, 1.82) is 0 Å². The Balaban J connectivity index is 1.98. The van der Waals surface area contributed by atoms with Gasteiger partial charge < -0.3 is 11.1 Å². The molecule has 12 heteroatoms. The normalized spacial score (nSPS) is 11.4. The number of carbonyl (C=O) groups is 2. The number of primary amides is 1. The average molecular weight is 468 g/mol. The molecule has 0 aliphatic carbocycles. The number of hydrogen-bond acceptors (Lipinski definition) is 6. The molecule has 4 aromatic rings. The maximum Gasteiger partial charge on any atom is 0.280 e. The topological polar surface area (TPSA) is 114 Å². The van der Waals surface area contributed by atoms with Gasteiger partial charge in [-0.05, 0) is 25.1 Å². The smallest absolute Gasteiger partial charge is 0.280 e. The molecule has 2 amide bonds. The van der Waals surface area contributed by atoms with E-state index < -0.39 is 23.9 Å². The fourth-order valence-corrected chi connectivity index (χ4v) is 4.98. The molecule has 0 radical (unpaired) electrons. The lowest BCUT2D eigenvalue weighted by molar-refractivity contribution is 0.100. The van der Waals surface area contributed by atoms with E-state index in [1.165, 1.54) is 23.6 Å². The number of anilines is 1. The first kappa shape index (κ1) is 20.4. The maximum absolute atomic E-state index is 13.5. The summed E-state index contributed by atoms with van der Waals surface area (Å²) >= 11 is 8.17. The number of hydrogen-bond donors (Lipinski definition) is 3. The largest absolute Gasteiger partial charge is 0.365 e. The van der Waals surface area contributed by atoms with Gasteiger partial charge in [-0.1, -0.05) is 11.6 Å². The van der Waals surface area contributed by atoms with Crippen molar-refractivity contribution in [1.82, 2.24) is 15.2 Å². The van der Waals surface area contributed by atoms with Crippen LogP contribution in [0.2, 0.25) is 5.02 Å². The molecule has 7 nitrogen and oxygen atoms in total. The number of aryl methyl sites for hydroxylation is 1. The standard InChI is InChI=1S/C18H12ClF2N5O2S2/c1-6-2-3-10(29-6)7-4-9(15(20)21)24-18-11(7)13(14(30-18)16(22)27)25-17(28)12-8(19)5-23-26-12/h2-5,15H,1H3,(H2,22,27)(H,23,26)(H,25,28). The van der Waals surface area contributed by atoms with E-state index in [-0.39, 0.29) is 26.1 Å². The van der Waals surface area contributed by atoms with E-state index in [1.54, 1.807) is 6.07 Å². The minimum absolute atomic E-state index is 0.0116. The van der Waals surface area contributed by atoms with E-state index in [0.717, 1.165) is 16.2 Å². The lowest BCUT2D eigenvalue weighted by Gasteiger charge is -2.09. The van der Waals surface area contributed by atoms with E-state index >= 15 is 0 Å². The molecule has 0 unspecified atom stereocenters. The predicted molar refractivity (Wildman–Crippen MR) is 113 cm³/mol. The fourth-order valence-electron chi connectivity index (χ4n) is 2.90. The van der Waals surface area contributed by atoms with Gasteiger partial charge in [-0.25, -0.2) is 13.8 Å². The number of thiophene rings is 2. The molecular weight excluding hydrogens is 456 g/mol. The number of amides is 2. The molecule has 0 saturated carbocycles. The Labute approximate surface area is 180 Å². The highest BCUT2D eigenvalue weighted by Crippen LogP contribution is 2.44. The van der Waals surface area contributed by atoms with Gasteiger partial charge in [0, 0.05) is 20.7 Å². The van der Waals surface area contributed by atoms with Crippen LogP contribution >= 0.6 is 34.3 Å². The third-order valence-electron chi connectivity index (χ3n) is 4.19. The Morgan fingerprint density at radius 2 is 2.07 bits per heavy atom. The van der Waals surface area contributed by atoms with Crippen LogP contribution in [0.1, 0.15) is 37.2 Å². The number of fused-ring (bicyclic) bond motifs is 1. The van der Waals surface area contributed by atoms with Crippen LogP contribution in [0.5, 0.6) is 0 Å². The molecule has 4 aromatic heterocycles. The highest BCUT2D eigenvalue weighted by molar-refractivity contribution is 7.21. The van der Waals surface area contributed by atoms with E-state index in [9.17, 15) is 18.4 Å². The quantitative estimate of drug-likeness (QED) is 0.383. The Kier molecular flexibility index (Phi) is 5.26. The molecule has 4 heterocycles. The summed E-state index contributed by atoms with van der Waals surface area (Å²) in [6.45, 7) is 1.88. The maximum atomic E-state index is 13.5. The summed E-state index contributed by atoms with van der Waals surface area (Å²) in [4.78, 5) is 30.5. The second-order valence-electron chi connectivity index (χ2n) is 6.20. The van der Waals surface area contributed by atoms with Crippen molar-refractivity contribution < 1.29 is 18.4 Å². The van der Waals surface area contributed by atoms with Gasteiger partial charge in [0.05, 0.1) is 16.9 Å². The summed E-state index contributed by atoms with van der Waals surface area (Å²) in [6.07, 6.45) is -1.55. The first-order valence-corrected chi connectivity index (χ1v) is 10.4. The molecule has 0 aromatic carbocycles. The Morgan fingerprint density at radius 1 is 1.30 bits per heavy atom. The number of carbonyl (C=O) groups excluding carboxylic acids is 2. The van der Waals surface area contributed by atoms with Crippen molar-refractivity contribution in [2.24, 2.45) is 5.73 Å². The van der Waals surface area contributed by atoms with E-state index in [1.807, 2.05) is 13.0 Å². The van der Waals surface area contributed by atoms with Crippen LogP contribution in [0.15, 0.2) is 24.4 Å². The Morgan fingerprint density at radius 3 is 2.63 bits per heavy atom. The van der Waals surface area contributed by atoms with Crippen molar-refractivity contribution in [3.8, 4) is 10.4 Å². The lowest BCUT2D eigenvalue weighted by Crippen LogP contribution is -2.17. The van der Waals surface area contributed by atoms with Gasteiger partial charge in [0.15, 0.2) is 0 Å². The zero-order valence-corrected chi connectivity index (χ0v) is 17.5. The number of pyridine rings is 1. The number of halogens is 3. The minimum Gasteiger partial charge on any atom is -0.365 e. The molecular formula is C18H12ClF2N5O2S2. The summed E-state index contributed by atoms with van der Waals surface area (Å²) in [5.41, 5.74) is 5.55. The number of nitrogens with zero attached hydrogens (tertiary/aromatic N) is 2. The molecule has 0 atom stereocenters. The third-order valence-corrected chi connectivity index (χ3v) is 6.61. The average Bonchev–Trinajstić information content (AvgIpc) is 3.39. The summed E-state index contributed by atoms with van der Waals surface area (Å²) in [7, 11) is 0. The van der Waals surface area contributed by atoms with Gasteiger partial charge in [-0.15, -0.1) is 22.7 Å². The summed E-state index contributed by atoms with van der Waals surface area (Å²) in [6, 6.07) is 4.88. The van der Waals surface area contributed by atoms with Gasteiger partial charge in [0.2, 0.25) is 0 Å². The Bertz CT molecular complexity index is 1300. The molecule has 4 N–H and O–H groups in total. The molecule has 30 heavy (non-hydrogen) atoms. The summed E-state index contributed by atoms with van der Waals surface area (Å²) in [5, 5.41) is 9.21. The van der Waals surface area contributed by atoms with Crippen LogP contribution in [0, 0.1) is 6.92 Å². The van der Waals surface area contributed by atoms with Crippen LogP contribution in [0.4, 0.5) is 14.5 Å². The first-order chi connectivity index (χ1) is 14.3. The number of nitrogens with one attached hydrogen (secondary N) is 2. The molecule has 0 aliphatic rings. The van der Waals surface area contributed by atoms with Crippen molar-refractivity contribution in [3.05, 3.63) is 50.6 Å². The number of aromatic amines is 1. The van der Waals surface area contributed by atoms with Crippen LogP contribution in [0.3, 0.4) is 0 Å². The van der Waals surface area contributed by atoms with Crippen molar-refractivity contribution in [2.45, 2.75) is 13.3 Å². The predicted octanol–water partition coefficient (Wildman–Crippen LogP) is 5.00. The van der Waals surface area contributed by atoms with Crippen molar-refractivity contribution in [2.75, 3.05) is 5.32 Å². The van der Waals surface area contributed by atoms with Gasteiger partial charge >= 0.3 is 0 Å². The monoisotopic (exact) mass is 467 g/mol. The van der Waals surface area contributed by atoms with Gasteiger partial charge in [0.25, 0.3) is 18.2 Å². The second kappa shape index (κ2) is 7.74. The fraction of sp³-hybridized carbons (Fsp3) is 0.111. The zero-order chi connectivity index (χ0) is 21.6. The van der Waals surface area contributed by atoms with Crippen LogP contribution in [0.25, 0.3) is 20.7 Å². The minimum atomic E-state index is -2.81. The van der Waals surface area contributed by atoms with E-state index in [0.29, 0.717) is 15.8 Å². The van der Waals surface area contributed by atoms with Crippen LogP contribution in [-0.4, -0.2) is 27.0 Å². The highest BCUT2D eigenvalue weighted by atomic mass is 35.5. The molecule has 0 saturated heterocycles. The van der Waals surface area contributed by atoms with E-state index in [4.69, 9.17) is 17.3 Å². The third kappa shape index (κ3) is 3.55. The molecule has 0 fully saturated rings. The molecule has 0 aliphatic heterocycles. The number of nitrogens with two attached hydrogens (primary N) is 1. The zero-order valence-electron chi connectivity index (χ0n) is 15.1. The SMILES string of the molecule is Cc1ccc(-c2cc(C(F)F)nc3sc(C(N)=O)c(NC(=O)c4[nH]ncc4Cl)c23)s1. The van der Waals surface area contributed by atoms with Gasteiger partial charge in [0.1, 0.15) is 21.1 Å². The number of alkyl halides is 2. The van der Waals surface area contributed by atoms with Crippen molar-refractivity contribution in [3.63, 3.8) is 0 Å². The first-order valence-electron chi connectivity index (χ1n) is 8.38. The van der Waals surface area contributed by atoms with Gasteiger partial charge in [-0.2, -0.15) is 5.10 Å². The molecule has 0 bridgehead atoms.